The fraction of sp³-hybridized carbons (Fsp3) is 0.318. The van der Waals surface area contributed by atoms with Crippen LogP contribution in [0.15, 0.2) is 47.3 Å². The van der Waals surface area contributed by atoms with Gasteiger partial charge in [-0.3, -0.25) is 14.9 Å². The molecule has 1 aliphatic carbocycles. The van der Waals surface area contributed by atoms with Crippen molar-refractivity contribution in [1.29, 1.82) is 0 Å². The number of anilines is 1. The molecule has 2 aromatic heterocycles. The molecule has 2 heterocycles. The van der Waals surface area contributed by atoms with E-state index >= 15 is 0 Å². The number of pyridine rings is 1. The van der Waals surface area contributed by atoms with E-state index in [-0.39, 0.29) is 5.56 Å². The van der Waals surface area contributed by atoms with E-state index in [1.54, 1.807) is 12.1 Å². The first-order chi connectivity index (χ1) is 13.6. The minimum atomic E-state index is -0.419. The van der Waals surface area contributed by atoms with Gasteiger partial charge in [0.1, 0.15) is 5.56 Å². The Hall–Kier alpha value is -2.73. The van der Waals surface area contributed by atoms with Crippen molar-refractivity contribution in [2.45, 2.75) is 39.0 Å². The number of amides is 1. The minimum absolute atomic E-state index is 0.0942. The Balaban J connectivity index is 1.50. The maximum atomic E-state index is 12.6. The van der Waals surface area contributed by atoms with Crippen molar-refractivity contribution >= 4 is 22.4 Å². The number of nitrogens with one attached hydrogen (secondary N) is 2. The SMILES string of the molecule is CCCC1CCc2nc(NC(=O)c3ccc(-c4ccccc4)[nH]c3=O)sc2C1. The van der Waals surface area contributed by atoms with E-state index in [1.807, 2.05) is 30.3 Å². The molecule has 0 saturated carbocycles. The molecule has 4 rings (SSSR count). The van der Waals surface area contributed by atoms with Gasteiger partial charge in [0.05, 0.1) is 5.69 Å². The van der Waals surface area contributed by atoms with Crippen molar-refractivity contribution in [2.24, 2.45) is 5.92 Å². The number of carbonyl (C=O) groups is 1. The number of aromatic amines is 1. The summed E-state index contributed by atoms with van der Waals surface area (Å²) in [5.74, 6) is 0.298. The van der Waals surface area contributed by atoms with Crippen LogP contribution in [0.3, 0.4) is 0 Å². The third-order valence-corrected chi connectivity index (χ3v) is 6.23. The number of fused-ring (bicyclic) bond motifs is 1. The molecule has 1 atom stereocenters. The molecule has 1 aliphatic rings. The Kier molecular flexibility index (Phi) is 5.39. The average molecular weight is 394 g/mol. The number of aromatic nitrogens is 2. The summed E-state index contributed by atoms with van der Waals surface area (Å²) in [6.45, 7) is 2.22. The highest BCUT2D eigenvalue weighted by atomic mass is 32.1. The summed E-state index contributed by atoms with van der Waals surface area (Å²) in [6, 6.07) is 12.9. The Morgan fingerprint density at radius 2 is 2.07 bits per heavy atom. The Bertz CT molecular complexity index is 1040. The molecule has 0 radical (unpaired) electrons. The third-order valence-electron chi connectivity index (χ3n) is 5.20. The summed E-state index contributed by atoms with van der Waals surface area (Å²) in [5, 5.41) is 3.39. The molecular weight excluding hydrogens is 370 g/mol. The molecule has 5 nitrogen and oxygen atoms in total. The summed E-state index contributed by atoms with van der Waals surface area (Å²) in [5.41, 5.74) is 2.38. The molecule has 3 aromatic rings. The molecule has 144 valence electrons. The van der Waals surface area contributed by atoms with Crippen LogP contribution in [-0.4, -0.2) is 15.9 Å². The molecule has 2 N–H and O–H groups in total. The van der Waals surface area contributed by atoms with Crippen LogP contribution in [0, 0.1) is 5.92 Å². The zero-order valence-corrected chi connectivity index (χ0v) is 16.6. The van der Waals surface area contributed by atoms with Crippen molar-refractivity contribution in [1.82, 2.24) is 9.97 Å². The third kappa shape index (κ3) is 3.92. The van der Waals surface area contributed by atoms with Gasteiger partial charge < -0.3 is 4.98 Å². The standard InChI is InChI=1S/C22H23N3O2S/c1-2-6-14-9-11-18-19(13-14)28-22(24-18)25-21(27)16-10-12-17(23-20(16)26)15-7-4-3-5-8-15/h3-5,7-8,10,12,14H,2,6,9,11,13H2,1H3,(H,23,26)(H,24,25,27). The number of carbonyl (C=O) groups excluding carboxylic acids is 1. The van der Waals surface area contributed by atoms with E-state index < -0.39 is 11.5 Å². The van der Waals surface area contributed by atoms with Crippen LogP contribution in [-0.2, 0) is 12.8 Å². The van der Waals surface area contributed by atoms with E-state index in [0.717, 1.165) is 30.0 Å². The lowest BCUT2D eigenvalue weighted by Gasteiger charge is -2.19. The van der Waals surface area contributed by atoms with E-state index in [0.29, 0.717) is 10.8 Å². The number of rotatable bonds is 5. The number of H-pyrrole nitrogens is 1. The van der Waals surface area contributed by atoms with Gasteiger partial charge in [0.25, 0.3) is 11.5 Å². The van der Waals surface area contributed by atoms with E-state index in [9.17, 15) is 9.59 Å². The van der Waals surface area contributed by atoms with Crippen molar-refractivity contribution in [3.8, 4) is 11.3 Å². The molecule has 0 saturated heterocycles. The van der Waals surface area contributed by atoms with Crippen molar-refractivity contribution in [3.63, 3.8) is 0 Å². The normalized spacial score (nSPS) is 15.8. The second-order valence-corrected chi connectivity index (χ2v) is 8.30. The Labute approximate surface area is 167 Å². The van der Waals surface area contributed by atoms with E-state index in [1.165, 1.54) is 35.5 Å². The Morgan fingerprint density at radius 3 is 2.82 bits per heavy atom. The van der Waals surface area contributed by atoms with Crippen LogP contribution in [0.1, 0.15) is 47.1 Å². The highest BCUT2D eigenvalue weighted by molar-refractivity contribution is 7.15. The van der Waals surface area contributed by atoms with Gasteiger partial charge in [-0.25, -0.2) is 4.98 Å². The summed E-state index contributed by atoms with van der Waals surface area (Å²) in [4.78, 5) is 33.7. The van der Waals surface area contributed by atoms with Gasteiger partial charge in [-0.15, -0.1) is 11.3 Å². The van der Waals surface area contributed by atoms with Gasteiger partial charge in [0.2, 0.25) is 0 Å². The first kappa shape index (κ1) is 18.6. The molecule has 0 bridgehead atoms. The lowest BCUT2D eigenvalue weighted by molar-refractivity contribution is 0.102. The highest BCUT2D eigenvalue weighted by Gasteiger charge is 2.23. The molecule has 0 aliphatic heterocycles. The average Bonchev–Trinajstić information content (AvgIpc) is 3.10. The lowest BCUT2D eigenvalue weighted by atomic mass is 9.88. The molecule has 1 aromatic carbocycles. The van der Waals surface area contributed by atoms with E-state index in [4.69, 9.17) is 0 Å². The molecule has 0 fully saturated rings. The largest absolute Gasteiger partial charge is 0.321 e. The summed E-state index contributed by atoms with van der Waals surface area (Å²) >= 11 is 1.54. The number of benzene rings is 1. The van der Waals surface area contributed by atoms with Crippen molar-refractivity contribution < 1.29 is 4.79 Å². The number of hydrogen-bond donors (Lipinski definition) is 2. The van der Waals surface area contributed by atoms with Gasteiger partial charge in [0, 0.05) is 10.6 Å². The van der Waals surface area contributed by atoms with Crippen molar-refractivity contribution in [3.05, 3.63) is 69.0 Å². The molecule has 0 spiro atoms. The second-order valence-electron chi connectivity index (χ2n) is 7.22. The van der Waals surface area contributed by atoms with Crippen LogP contribution < -0.4 is 10.9 Å². The second kappa shape index (κ2) is 8.10. The van der Waals surface area contributed by atoms with Gasteiger partial charge in [0.15, 0.2) is 5.13 Å². The molecule has 28 heavy (non-hydrogen) atoms. The zero-order valence-electron chi connectivity index (χ0n) is 15.8. The number of aryl methyl sites for hydroxylation is 1. The Morgan fingerprint density at radius 1 is 1.25 bits per heavy atom. The number of hydrogen-bond acceptors (Lipinski definition) is 4. The smallest absolute Gasteiger partial charge is 0.263 e. The van der Waals surface area contributed by atoms with Gasteiger partial charge in [-0.2, -0.15) is 0 Å². The molecular formula is C22H23N3O2S. The summed E-state index contributed by atoms with van der Waals surface area (Å²) in [7, 11) is 0. The van der Waals surface area contributed by atoms with Gasteiger partial charge in [-0.1, -0.05) is 50.1 Å². The van der Waals surface area contributed by atoms with E-state index in [2.05, 4.69) is 22.2 Å². The quantitative estimate of drug-likeness (QED) is 0.662. The van der Waals surface area contributed by atoms with Crippen LogP contribution in [0.4, 0.5) is 5.13 Å². The maximum Gasteiger partial charge on any atom is 0.263 e. The number of thiazole rings is 1. The van der Waals surface area contributed by atoms with Gasteiger partial charge in [-0.05, 0) is 42.9 Å². The lowest BCUT2D eigenvalue weighted by Crippen LogP contribution is -2.23. The van der Waals surface area contributed by atoms with Crippen molar-refractivity contribution in [2.75, 3.05) is 5.32 Å². The van der Waals surface area contributed by atoms with Crippen LogP contribution in [0.2, 0.25) is 0 Å². The first-order valence-corrected chi connectivity index (χ1v) is 10.5. The predicted octanol–water partition coefficient (Wildman–Crippen LogP) is 4.66. The molecule has 6 heteroatoms. The van der Waals surface area contributed by atoms with Crippen LogP contribution >= 0.6 is 11.3 Å². The van der Waals surface area contributed by atoms with Crippen LogP contribution in [0.25, 0.3) is 11.3 Å². The summed E-state index contributed by atoms with van der Waals surface area (Å²) < 4.78 is 0. The number of nitrogens with zero attached hydrogens (tertiary/aromatic N) is 1. The predicted molar refractivity (Wildman–Crippen MR) is 113 cm³/mol. The fourth-order valence-corrected chi connectivity index (χ4v) is 4.87. The van der Waals surface area contributed by atoms with Crippen LogP contribution in [0.5, 0.6) is 0 Å². The maximum absolute atomic E-state index is 12.6. The summed E-state index contributed by atoms with van der Waals surface area (Å²) in [6.07, 6.45) is 5.62. The molecule has 1 amide bonds. The first-order valence-electron chi connectivity index (χ1n) is 9.72. The molecule has 1 unspecified atom stereocenters. The fourth-order valence-electron chi connectivity index (χ4n) is 3.75. The highest BCUT2D eigenvalue weighted by Crippen LogP contribution is 2.34. The topological polar surface area (TPSA) is 74.8 Å². The minimum Gasteiger partial charge on any atom is -0.321 e. The van der Waals surface area contributed by atoms with Gasteiger partial charge >= 0.3 is 0 Å². The monoisotopic (exact) mass is 393 g/mol. The zero-order chi connectivity index (χ0) is 19.5.